The van der Waals surface area contributed by atoms with E-state index >= 15 is 0 Å². The van der Waals surface area contributed by atoms with Crippen LogP contribution in [-0.2, 0) is 4.79 Å². The zero-order chi connectivity index (χ0) is 7.84. The van der Waals surface area contributed by atoms with Crippen LogP contribution in [0.2, 0.25) is 0 Å². The van der Waals surface area contributed by atoms with Gasteiger partial charge in [-0.2, -0.15) is 0 Å². The van der Waals surface area contributed by atoms with E-state index in [2.05, 4.69) is 6.58 Å². The first-order chi connectivity index (χ1) is 5.34. The summed E-state index contributed by atoms with van der Waals surface area (Å²) in [5, 5.41) is 0. The second-order valence-corrected chi connectivity index (χ2v) is 3.74. The van der Waals surface area contributed by atoms with Gasteiger partial charge in [0.15, 0.2) is 5.78 Å². The molecule has 2 saturated carbocycles. The van der Waals surface area contributed by atoms with Gasteiger partial charge in [-0.1, -0.05) is 19.4 Å². The van der Waals surface area contributed by atoms with Crippen molar-refractivity contribution in [2.45, 2.75) is 25.7 Å². The highest BCUT2D eigenvalue weighted by atomic mass is 16.1. The minimum atomic E-state index is 0.293. The zero-order valence-electron chi connectivity index (χ0n) is 6.75. The minimum absolute atomic E-state index is 0.293. The molecule has 0 N–H and O–H groups in total. The van der Waals surface area contributed by atoms with Crippen LogP contribution in [0, 0.1) is 17.8 Å². The van der Waals surface area contributed by atoms with Crippen LogP contribution in [0.5, 0.6) is 0 Å². The molecule has 2 aliphatic rings. The molecule has 1 heteroatoms. The predicted octanol–water partition coefficient (Wildman–Crippen LogP) is 2.18. The third kappa shape index (κ3) is 1.03. The Hall–Kier alpha value is -0.590. The zero-order valence-corrected chi connectivity index (χ0v) is 6.75. The first-order valence-electron chi connectivity index (χ1n) is 4.51. The standard InChI is InChI=1S/C10H14O/c1-2-9(11)10-7-5-3-4-6-8(7)10/h2,7-8,10H,1,3-6H2. The normalized spacial score (nSPS) is 40.9. The molecule has 2 aliphatic carbocycles. The molecular formula is C10H14O. The maximum absolute atomic E-state index is 11.2. The van der Waals surface area contributed by atoms with Gasteiger partial charge < -0.3 is 0 Å². The summed E-state index contributed by atoms with van der Waals surface area (Å²) in [6, 6.07) is 0. The van der Waals surface area contributed by atoms with Crippen molar-refractivity contribution in [3.63, 3.8) is 0 Å². The summed E-state index contributed by atoms with van der Waals surface area (Å²) in [4.78, 5) is 11.2. The van der Waals surface area contributed by atoms with E-state index in [1.807, 2.05) is 0 Å². The average molecular weight is 150 g/mol. The highest BCUT2D eigenvalue weighted by molar-refractivity contribution is 5.93. The van der Waals surface area contributed by atoms with Crippen molar-refractivity contribution in [1.29, 1.82) is 0 Å². The highest BCUT2D eigenvalue weighted by Crippen LogP contribution is 2.55. The molecule has 1 nitrogen and oxygen atoms in total. The van der Waals surface area contributed by atoms with Crippen LogP contribution in [-0.4, -0.2) is 5.78 Å². The van der Waals surface area contributed by atoms with E-state index < -0.39 is 0 Å². The van der Waals surface area contributed by atoms with Gasteiger partial charge in [0.25, 0.3) is 0 Å². The number of carbonyl (C=O) groups is 1. The van der Waals surface area contributed by atoms with E-state index in [1.165, 1.54) is 31.8 Å². The van der Waals surface area contributed by atoms with E-state index in [0.717, 1.165) is 11.8 Å². The largest absolute Gasteiger partial charge is 0.295 e. The van der Waals surface area contributed by atoms with Gasteiger partial charge in [0.2, 0.25) is 0 Å². The SMILES string of the molecule is C=CC(=O)C1C2CCCCC21. The Morgan fingerprint density at radius 2 is 1.82 bits per heavy atom. The van der Waals surface area contributed by atoms with Crippen molar-refractivity contribution in [3.8, 4) is 0 Å². The monoisotopic (exact) mass is 150 g/mol. The molecule has 11 heavy (non-hydrogen) atoms. The fourth-order valence-electron chi connectivity index (χ4n) is 2.55. The molecule has 0 heterocycles. The van der Waals surface area contributed by atoms with Crippen molar-refractivity contribution in [3.05, 3.63) is 12.7 Å². The third-order valence-electron chi connectivity index (χ3n) is 3.19. The average Bonchev–Trinajstić information content (AvgIpc) is 2.77. The topological polar surface area (TPSA) is 17.1 Å². The summed E-state index contributed by atoms with van der Waals surface area (Å²) in [6.45, 7) is 3.53. The van der Waals surface area contributed by atoms with Gasteiger partial charge in [-0.3, -0.25) is 4.79 Å². The number of fused-ring (bicyclic) bond motifs is 1. The number of rotatable bonds is 2. The Morgan fingerprint density at radius 3 is 2.27 bits per heavy atom. The van der Waals surface area contributed by atoms with Gasteiger partial charge in [0, 0.05) is 5.92 Å². The Bertz CT molecular complexity index is 183. The second kappa shape index (κ2) is 2.47. The highest BCUT2D eigenvalue weighted by Gasteiger charge is 2.53. The van der Waals surface area contributed by atoms with Crippen LogP contribution in [0.15, 0.2) is 12.7 Å². The lowest BCUT2D eigenvalue weighted by Crippen LogP contribution is -1.96. The Balaban J connectivity index is 1.99. The van der Waals surface area contributed by atoms with Crippen molar-refractivity contribution in [2.24, 2.45) is 17.8 Å². The molecule has 2 atom stereocenters. The maximum Gasteiger partial charge on any atom is 0.158 e. The van der Waals surface area contributed by atoms with Crippen LogP contribution < -0.4 is 0 Å². The Kier molecular flexibility index (Phi) is 1.59. The minimum Gasteiger partial charge on any atom is -0.295 e. The number of carbonyl (C=O) groups excluding carboxylic acids is 1. The molecule has 0 aromatic heterocycles. The molecule has 0 aromatic rings. The molecule has 2 fully saturated rings. The van der Waals surface area contributed by atoms with E-state index in [0.29, 0.717) is 11.7 Å². The van der Waals surface area contributed by atoms with Crippen LogP contribution in [0.4, 0.5) is 0 Å². The number of allylic oxidation sites excluding steroid dienone is 1. The number of hydrogen-bond acceptors (Lipinski definition) is 1. The summed E-state index contributed by atoms with van der Waals surface area (Å²) >= 11 is 0. The number of ketones is 1. The van der Waals surface area contributed by atoms with Gasteiger partial charge >= 0.3 is 0 Å². The smallest absolute Gasteiger partial charge is 0.158 e. The third-order valence-corrected chi connectivity index (χ3v) is 3.19. The first-order valence-corrected chi connectivity index (χ1v) is 4.51. The fraction of sp³-hybridized carbons (Fsp3) is 0.700. The maximum atomic E-state index is 11.2. The molecule has 2 rings (SSSR count). The lowest BCUT2D eigenvalue weighted by atomic mass is 10.0. The summed E-state index contributed by atoms with van der Waals surface area (Å²) in [6.07, 6.45) is 6.75. The van der Waals surface area contributed by atoms with Gasteiger partial charge in [-0.15, -0.1) is 0 Å². The van der Waals surface area contributed by atoms with Crippen LogP contribution >= 0.6 is 0 Å². The summed E-state index contributed by atoms with van der Waals surface area (Å²) in [5.41, 5.74) is 0. The van der Waals surface area contributed by atoms with Crippen molar-refractivity contribution >= 4 is 5.78 Å². The van der Waals surface area contributed by atoms with Crippen molar-refractivity contribution in [1.82, 2.24) is 0 Å². The predicted molar refractivity (Wildman–Crippen MR) is 44.1 cm³/mol. The van der Waals surface area contributed by atoms with Gasteiger partial charge in [0.1, 0.15) is 0 Å². The van der Waals surface area contributed by atoms with E-state index in [-0.39, 0.29) is 0 Å². The van der Waals surface area contributed by atoms with Gasteiger partial charge in [-0.25, -0.2) is 0 Å². The first kappa shape index (κ1) is 7.08. The summed E-state index contributed by atoms with van der Waals surface area (Å²) in [7, 11) is 0. The molecule has 2 unspecified atom stereocenters. The summed E-state index contributed by atoms with van der Waals surface area (Å²) in [5.74, 6) is 2.17. The van der Waals surface area contributed by atoms with Crippen LogP contribution in [0.1, 0.15) is 25.7 Å². The fourth-order valence-corrected chi connectivity index (χ4v) is 2.55. The molecule has 0 saturated heterocycles. The van der Waals surface area contributed by atoms with Gasteiger partial charge in [0.05, 0.1) is 0 Å². The van der Waals surface area contributed by atoms with Crippen LogP contribution in [0.25, 0.3) is 0 Å². The molecule has 0 radical (unpaired) electrons. The van der Waals surface area contributed by atoms with Crippen LogP contribution in [0.3, 0.4) is 0 Å². The lowest BCUT2D eigenvalue weighted by Gasteiger charge is -2.04. The quantitative estimate of drug-likeness (QED) is 0.551. The van der Waals surface area contributed by atoms with Crippen molar-refractivity contribution < 1.29 is 4.79 Å². The molecular weight excluding hydrogens is 136 g/mol. The van der Waals surface area contributed by atoms with E-state index in [9.17, 15) is 4.79 Å². The lowest BCUT2D eigenvalue weighted by molar-refractivity contribution is -0.116. The molecule has 0 amide bonds. The van der Waals surface area contributed by atoms with E-state index in [1.54, 1.807) is 0 Å². The van der Waals surface area contributed by atoms with E-state index in [4.69, 9.17) is 0 Å². The molecule has 0 aliphatic heterocycles. The Labute approximate surface area is 67.5 Å². The Morgan fingerprint density at radius 1 is 1.27 bits per heavy atom. The second-order valence-electron chi connectivity index (χ2n) is 3.74. The summed E-state index contributed by atoms with van der Waals surface area (Å²) < 4.78 is 0. The molecule has 60 valence electrons. The van der Waals surface area contributed by atoms with Gasteiger partial charge in [-0.05, 0) is 30.8 Å². The molecule has 0 aromatic carbocycles. The van der Waals surface area contributed by atoms with Crippen molar-refractivity contribution in [2.75, 3.05) is 0 Å². The number of hydrogen-bond donors (Lipinski definition) is 0. The molecule has 0 bridgehead atoms. The molecule has 0 spiro atoms.